The number of aryl methyl sites for hydroxylation is 2. The number of fused-ring (bicyclic) bond motifs is 1. The van der Waals surface area contributed by atoms with Gasteiger partial charge in [0.1, 0.15) is 6.04 Å². The molecule has 1 heterocycles. The summed E-state index contributed by atoms with van der Waals surface area (Å²) in [7, 11) is 0. The van der Waals surface area contributed by atoms with Gasteiger partial charge in [-0.05, 0) is 42.5 Å². The molecule has 0 radical (unpaired) electrons. The summed E-state index contributed by atoms with van der Waals surface area (Å²) in [6.07, 6.45) is 2.47. The van der Waals surface area contributed by atoms with Gasteiger partial charge in [-0.25, -0.2) is 4.79 Å². The number of benzene rings is 1. The van der Waals surface area contributed by atoms with Crippen LogP contribution in [-0.4, -0.2) is 45.7 Å². The summed E-state index contributed by atoms with van der Waals surface area (Å²) in [6, 6.07) is 4.66. The van der Waals surface area contributed by atoms with Gasteiger partial charge in [0.15, 0.2) is 0 Å². The van der Waals surface area contributed by atoms with E-state index in [9.17, 15) is 14.7 Å². The highest BCUT2D eigenvalue weighted by molar-refractivity contribution is 5.97. The zero-order valence-corrected chi connectivity index (χ0v) is 11.1. The van der Waals surface area contributed by atoms with E-state index in [1.807, 2.05) is 12.1 Å². The van der Waals surface area contributed by atoms with Crippen LogP contribution in [0.4, 0.5) is 0 Å². The molecule has 5 nitrogen and oxygen atoms in total. The van der Waals surface area contributed by atoms with Gasteiger partial charge in [-0.2, -0.15) is 0 Å². The summed E-state index contributed by atoms with van der Waals surface area (Å²) in [6.45, 7) is 0.0902. The highest BCUT2D eigenvalue weighted by atomic mass is 16.4. The molecule has 2 N–H and O–H groups in total. The number of hydrogen-bond acceptors (Lipinski definition) is 3. The first-order valence-corrected chi connectivity index (χ1v) is 6.90. The number of aliphatic hydroxyl groups excluding tert-OH is 1. The lowest BCUT2D eigenvalue weighted by Crippen LogP contribution is -2.40. The zero-order valence-electron chi connectivity index (χ0n) is 11.1. The smallest absolute Gasteiger partial charge is 0.326 e. The standard InChI is InChI=1S/C15H17NO4/c17-12-7-13(15(19)20)16(8-12)14(18)11-5-4-9-2-1-3-10(9)6-11/h4-6,12-13,17H,1-3,7-8H2,(H,19,20)/t12?,13-/m0/s1. The van der Waals surface area contributed by atoms with Crippen LogP contribution in [0.2, 0.25) is 0 Å². The molecule has 5 heteroatoms. The second-order valence-corrected chi connectivity index (χ2v) is 5.54. The Morgan fingerprint density at radius 3 is 2.70 bits per heavy atom. The molecule has 1 aromatic carbocycles. The van der Waals surface area contributed by atoms with E-state index in [1.54, 1.807) is 6.07 Å². The third kappa shape index (κ3) is 2.18. The van der Waals surface area contributed by atoms with Crippen molar-refractivity contribution >= 4 is 11.9 Å². The Hall–Kier alpha value is -1.88. The van der Waals surface area contributed by atoms with Gasteiger partial charge >= 0.3 is 5.97 Å². The molecule has 0 spiro atoms. The summed E-state index contributed by atoms with van der Waals surface area (Å²) in [4.78, 5) is 24.9. The molecular weight excluding hydrogens is 258 g/mol. The van der Waals surface area contributed by atoms with Crippen LogP contribution >= 0.6 is 0 Å². The van der Waals surface area contributed by atoms with Crippen molar-refractivity contribution in [2.24, 2.45) is 0 Å². The van der Waals surface area contributed by atoms with E-state index in [-0.39, 0.29) is 18.9 Å². The Bertz CT molecular complexity index is 569. The molecule has 3 rings (SSSR count). The fraction of sp³-hybridized carbons (Fsp3) is 0.467. The van der Waals surface area contributed by atoms with E-state index in [4.69, 9.17) is 5.11 Å². The van der Waals surface area contributed by atoms with Crippen LogP contribution in [0.15, 0.2) is 18.2 Å². The average molecular weight is 275 g/mol. The minimum atomic E-state index is -1.06. The highest BCUT2D eigenvalue weighted by Crippen LogP contribution is 2.25. The first-order chi connectivity index (χ1) is 9.56. The molecule has 0 saturated carbocycles. The molecule has 1 aliphatic heterocycles. The number of hydrogen-bond donors (Lipinski definition) is 2. The predicted octanol–water partition coefficient (Wildman–Crippen LogP) is 0.835. The van der Waals surface area contributed by atoms with Gasteiger partial charge in [0.25, 0.3) is 5.91 Å². The van der Waals surface area contributed by atoms with Gasteiger partial charge in [-0.15, -0.1) is 0 Å². The molecule has 2 atom stereocenters. The molecule has 20 heavy (non-hydrogen) atoms. The van der Waals surface area contributed by atoms with E-state index >= 15 is 0 Å². The second-order valence-electron chi connectivity index (χ2n) is 5.54. The summed E-state index contributed by atoms with van der Waals surface area (Å²) in [5, 5.41) is 18.8. The van der Waals surface area contributed by atoms with Crippen molar-refractivity contribution in [1.29, 1.82) is 0 Å². The van der Waals surface area contributed by atoms with E-state index in [0.29, 0.717) is 5.56 Å². The molecule has 1 saturated heterocycles. The van der Waals surface area contributed by atoms with E-state index in [0.717, 1.165) is 19.3 Å². The number of carbonyl (C=O) groups is 2. The number of rotatable bonds is 2. The molecule has 1 fully saturated rings. The quantitative estimate of drug-likeness (QED) is 0.838. The Labute approximate surface area is 116 Å². The minimum Gasteiger partial charge on any atom is -0.480 e. The maximum Gasteiger partial charge on any atom is 0.326 e. The van der Waals surface area contributed by atoms with Crippen molar-refractivity contribution in [3.05, 3.63) is 34.9 Å². The molecular formula is C15H17NO4. The number of carboxylic acid groups (broad SMARTS) is 1. The monoisotopic (exact) mass is 275 g/mol. The molecule has 1 aromatic rings. The number of aliphatic hydroxyl groups is 1. The summed E-state index contributed by atoms with van der Waals surface area (Å²) >= 11 is 0. The van der Waals surface area contributed by atoms with Crippen LogP contribution in [0.5, 0.6) is 0 Å². The van der Waals surface area contributed by atoms with E-state index < -0.39 is 18.1 Å². The number of likely N-dealkylation sites (tertiary alicyclic amines) is 1. The largest absolute Gasteiger partial charge is 0.480 e. The van der Waals surface area contributed by atoms with Crippen LogP contribution in [0, 0.1) is 0 Å². The van der Waals surface area contributed by atoms with E-state index in [1.165, 1.54) is 16.0 Å². The third-order valence-corrected chi connectivity index (χ3v) is 4.17. The van der Waals surface area contributed by atoms with Crippen LogP contribution < -0.4 is 0 Å². The maximum atomic E-state index is 12.5. The van der Waals surface area contributed by atoms with Crippen molar-refractivity contribution < 1.29 is 19.8 Å². The molecule has 0 bridgehead atoms. The van der Waals surface area contributed by atoms with Gasteiger partial charge in [-0.1, -0.05) is 6.07 Å². The molecule has 2 aliphatic rings. The van der Waals surface area contributed by atoms with Crippen molar-refractivity contribution in [1.82, 2.24) is 4.90 Å². The number of nitrogens with zero attached hydrogens (tertiary/aromatic N) is 1. The fourth-order valence-corrected chi connectivity index (χ4v) is 3.14. The van der Waals surface area contributed by atoms with Gasteiger partial charge in [0, 0.05) is 18.5 Å². The Kier molecular flexibility index (Phi) is 3.22. The summed E-state index contributed by atoms with van der Waals surface area (Å²) < 4.78 is 0. The number of aliphatic carboxylic acids is 1. The van der Waals surface area contributed by atoms with Gasteiger partial charge < -0.3 is 15.1 Å². The number of β-amino-alcohol motifs (C(OH)–C–C–N with tert-alkyl or cyclic N) is 1. The normalized spacial score (nSPS) is 24.8. The SMILES string of the molecule is O=C(O)[C@@H]1CC(O)CN1C(=O)c1ccc2c(c1)CCC2. The number of carbonyl (C=O) groups excluding carboxylic acids is 1. The topological polar surface area (TPSA) is 77.8 Å². The lowest BCUT2D eigenvalue weighted by molar-refractivity contribution is -0.141. The fourth-order valence-electron chi connectivity index (χ4n) is 3.14. The summed E-state index contributed by atoms with van der Waals surface area (Å²) in [5.74, 6) is -1.36. The molecule has 1 unspecified atom stereocenters. The summed E-state index contributed by atoms with van der Waals surface area (Å²) in [5.41, 5.74) is 2.98. The molecule has 1 amide bonds. The third-order valence-electron chi connectivity index (χ3n) is 4.17. The number of carboxylic acids is 1. The maximum absolute atomic E-state index is 12.5. The van der Waals surface area contributed by atoms with Crippen LogP contribution in [-0.2, 0) is 17.6 Å². The number of amides is 1. The average Bonchev–Trinajstić information content (AvgIpc) is 3.02. The molecule has 1 aliphatic carbocycles. The highest BCUT2D eigenvalue weighted by Gasteiger charge is 2.39. The van der Waals surface area contributed by atoms with Crippen molar-refractivity contribution in [3.63, 3.8) is 0 Å². The lowest BCUT2D eigenvalue weighted by Gasteiger charge is -2.21. The van der Waals surface area contributed by atoms with Gasteiger partial charge in [-0.3, -0.25) is 4.79 Å². The van der Waals surface area contributed by atoms with Crippen molar-refractivity contribution in [3.8, 4) is 0 Å². The lowest BCUT2D eigenvalue weighted by atomic mass is 10.1. The Balaban J connectivity index is 1.86. The van der Waals surface area contributed by atoms with Crippen molar-refractivity contribution in [2.45, 2.75) is 37.8 Å². The first-order valence-electron chi connectivity index (χ1n) is 6.90. The van der Waals surface area contributed by atoms with Crippen molar-refractivity contribution in [2.75, 3.05) is 6.54 Å². The van der Waals surface area contributed by atoms with Gasteiger partial charge in [0.05, 0.1) is 6.10 Å². The molecule has 0 aromatic heterocycles. The van der Waals surface area contributed by atoms with Crippen LogP contribution in [0.1, 0.15) is 34.3 Å². The van der Waals surface area contributed by atoms with Gasteiger partial charge in [0.2, 0.25) is 0 Å². The van der Waals surface area contributed by atoms with Crippen LogP contribution in [0.25, 0.3) is 0 Å². The second kappa shape index (κ2) is 4.90. The predicted molar refractivity (Wildman–Crippen MR) is 71.6 cm³/mol. The minimum absolute atomic E-state index is 0.0902. The Morgan fingerprint density at radius 1 is 1.20 bits per heavy atom. The Morgan fingerprint density at radius 2 is 1.95 bits per heavy atom. The van der Waals surface area contributed by atoms with Crippen LogP contribution in [0.3, 0.4) is 0 Å². The van der Waals surface area contributed by atoms with E-state index in [2.05, 4.69) is 0 Å². The zero-order chi connectivity index (χ0) is 14.3. The first kappa shape index (κ1) is 13.1. The molecule has 106 valence electrons.